The van der Waals surface area contributed by atoms with Crippen molar-refractivity contribution >= 4 is 77.6 Å². The van der Waals surface area contributed by atoms with Crippen molar-refractivity contribution in [1.82, 2.24) is 19.9 Å². The first-order valence-electron chi connectivity index (χ1n) is 18.0. The number of fused-ring (bicyclic) bond motifs is 12. The highest BCUT2D eigenvalue weighted by atomic mass is 14.8. The summed E-state index contributed by atoms with van der Waals surface area (Å²) in [5.41, 5.74) is 14.5. The van der Waals surface area contributed by atoms with Gasteiger partial charge in [-0.1, -0.05) is 109 Å². The van der Waals surface area contributed by atoms with Crippen LogP contribution in [0.4, 0.5) is 0 Å². The number of rotatable bonds is 3. The van der Waals surface area contributed by atoms with Crippen LogP contribution in [0, 0.1) is 0 Å². The number of hydrogen-bond acceptors (Lipinski definition) is 1. The van der Waals surface area contributed by atoms with Gasteiger partial charge in [-0.05, 0) is 116 Å². The molecule has 4 aromatic heterocycles. The molecule has 10 aromatic rings. The van der Waals surface area contributed by atoms with E-state index >= 15 is 0 Å². The van der Waals surface area contributed by atoms with Gasteiger partial charge in [0.25, 0.3) is 0 Å². The molecule has 0 spiro atoms. The van der Waals surface area contributed by atoms with E-state index in [0.717, 1.165) is 77.9 Å². The molecule has 3 N–H and O–H groups in total. The van der Waals surface area contributed by atoms with Gasteiger partial charge in [0.2, 0.25) is 0 Å². The zero-order chi connectivity index (χ0) is 34.9. The summed E-state index contributed by atoms with van der Waals surface area (Å²) >= 11 is 0. The van der Waals surface area contributed by atoms with Gasteiger partial charge in [0.05, 0.1) is 16.9 Å². The van der Waals surface area contributed by atoms with E-state index in [1.807, 2.05) is 0 Å². The van der Waals surface area contributed by atoms with Crippen molar-refractivity contribution in [2.75, 3.05) is 0 Å². The molecule has 1 aliphatic heterocycles. The van der Waals surface area contributed by atoms with Crippen molar-refractivity contribution in [2.24, 2.45) is 0 Å². The summed E-state index contributed by atoms with van der Waals surface area (Å²) in [6, 6.07) is 58.9. The minimum Gasteiger partial charge on any atom is -0.354 e. The van der Waals surface area contributed by atoms with E-state index < -0.39 is 0 Å². The summed E-state index contributed by atoms with van der Waals surface area (Å²) in [7, 11) is 0. The third kappa shape index (κ3) is 4.95. The molecule has 0 amide bonds. The molecule has 53 heavy (non-hydrogen) atoms. The lowest BCUT2D eigenvalue weighted by atomic mass is 10.00. The van der Waals surface area contributed by atoms with Gasteiger partial charge in [-0.2, -0.15) is 0 Å². The standard InChI is InChI=1S/C49H32N4/c1-4-10-33-27-36(16-13-30(33)7-1)47-41-21-19-39(50-41)40-20-22-42(51-40)48(37-17-14-31-8-2-5-11-34(31)28-37)44-24-26-46(53-44)49(45-25-23-43(47)52-45)38-18-15-32-9-3-6-12-35(32)29-38/h1-29,50,52-53H. The first-order valence-corrected chi connectivity index (χ1v) is 18.0. The molecular weight excluding hydrogens is 645 g/mol. The summed E-state index contributed by atoms with van der Waals surface area (Å²) < 4.78 is 0. The van der Waals surface area contributed by atoms with Crippen LogP contribution in [-0.2, 0) is 0 Å². The molecule has 0 radical (unpaired) electrons. The van der Waals surface area contributed by atoms with E-state index in [0.29, 0.717) is 0 Å². The normalized spacial score (nSPS) is 12.1. The van der Waals surface area contributed by atoms with Crippen LogP contribution in [0.1, 0.15) is 11.4 Å². The van der Waals surface area contributed by atoms with Crippen LogP contribution in [0.25, 0.3) is 111 Å². The van der Waals surface area contributed by atoms with Crippen molar-refractivity contribution in [2.45, 2.75) is 0 Å². The van der Waals surface area contributed by atoms with Gasteiger partial charge in [-0.25, -0.2) is 4.98 Å². The summed E-state index contributed by atoms with van der Waals surface area (Å²) in [4.78, 5) is 16.8. The number of H-pyrrole nitrogens is 3. The Bertz CT molecular complexity index is 3240. The van der Waals surface area contributed by atoms with E-state index in [2.05, 4.69) is 191 Å². The molecule has 0 saturated heterocycles. The van der Waals surface area contributed by atoms with E-state index in [1.54, 1.807) is 0 Å². The van der Waals surface area contributed by atoms with E-state index in [-0.39, 0.29) is 0 Å². The predicted molar refractivity (Wildman–Crippen MR) is 224 cm³/mol. The molecule has 0 saturated carbocycles. The Morgan fingerprint density at radius 2 is 0.623 bits per heavy atom. The van der Waals surface area contributed by atoms with Gasteiger partial charge in [0, 0.05) is 44.3 Å². The number of benzene rings is 6. The fourth-order valence-corrected chi connectivity index (χ4v) is 8.10. The number of aromatic nitrogens is 4. The van der Waals surface area contributed by atoms with Gasteiger partial charge in [0.15, 0.2) is 0 Å². The molecule has 4 heteroatoms. The molecule has 5 heterocycles. The SMILES string of the molecule is C1=Cc2nc1c(-c1ccc3ccccc3c1)c1ccc([nH]1)c(-c1ccc3ccccc3c1)c1ccc([nH]1)c(-c1ccc3ccccc3c1)c1ccc2[nH]1. The average Bonchev–Trinajstić information content (AvgIpc) is 4.05. The number of nitrogens with one attached hydrogen (secondary N) is 3. The third-order valence-electron chi connectivity index (χ3n) is 10.7. The lowest BCUT2D eigenvalue weighted by Gasteiger charge is -2.07. The van der Waals surface area contributed by atoms with Crippen LogP contribution < -0.4 is 0 Å². The number of aromatic amines is 3. The van der Waals surface area contributed by atoms with Crippen LogP contribution in [0.3, 0.4) is 0 Å². The molecule has 11 rings (SSSR count). The Balaban J connectivity index is 1.28. The lowest BCUT2D eigenvalue weighted by Crippen LogP contribution is -1.86. The second-order valence-electron chi connectivity index (χ2n) is 13.9. The second-order valence-corrected chi connectivity index (χ2v) is 13.9. The van der Waals surface area contributed by atoms with Crippen LogP contribution in [-0.4, -0.2) is 19.9 Å². The van der Waals surface area contributed by atoms with Crippen LogP contribution in [0.5, 0.6) is 0 Å². The van der Waals surface area contributed by atoms with E-state index in [1.165, 1.54) is 32.3 Å². The topological polar surface area (TPSA) is 60.3 Å². The van der Waals surface area contributed by atoms with Gasteiger partial charge < -0.3 is 15.0 Å². The molecule has 0 fully saturated rings. The molecule has 248 valence electrons. The van der Waals surface area contributed by atoms with Crippen molar-refractivity contribution < 1.29 is 0 Å². The maximum atomic E-state index is 5.29. The highest BCUT2D eigenvalue weighted by Gasteiger charge is 2.16. The molecule has 4 nitrogen and oxygen atoms in total. The molecule has 1 aliphatic rings. The summed E-state index contributed by atoms with van der Waals surface area (Å²) in [6.07, 6.45) is 4.27. The summed E-state index contributed by atoms with van der Waals surface area (Å²) in [5, 5.41) is 7.24. The second kappa shape index (κ2) is 11.7. The highest BCUT2D eigenvalue weighted by molar-refractivity contribution is 6.03. The Morgan fingerprint density at radius 3 is 1.08 bits per heavy atom. The van der Waals surface area contributed by atoms with Crippen molar-refractivity contribution in [3.63, 3.8) is 0 Å². The molecule has 0 unspecified atom stereocenters. The predicted octanol–water partition coefficient (Wildman–Crippen LogP) is 13.2. The van der Waals surface area contributed by atoms with E-state index in [4.69, 9.17) is 4.98 Å². The zero-order valence-corrected chi connectivity index (χ0v) is 28.7. The average molecular weight is 677 g/mol. The minimum atomic E-state index is 0.902. The van der Waals surface area contributed by atoms with Crippen LogP contribution >= 0.6 is 0 Å². The van der Waals surface area contributed by atoms with Crippen LogP contribution in [0.15, 0.2) is 164 Å². The van der Waals surface area contributed by atoms with E-state index in [9.17, 15) is 0 Å². The lowest BCUT2D eigenvalue weighted by molar-refractivity contribution is 1.32. The highest BCUT2D eigenvalue weighted by Crippen LogP contribution is 2.38. The quantitative estimate of drug-likeness (QED) is 0.171. The van der Waals surface area contributed by atoms with Gasteiger partial charge in [0.1, 0.15) is 0 Å². The number of hydrogen-bond donors (Lipinski definition) is 3. The fourth-order valence-electron chi connectivity index (χ4n) is 8.10. The minimum absolute atomic E-state index is 0.902. The van der Waals surface area contributed by atoms with Crippen molar-refractivity contribution in [3.05, 3.63) is 175 Å². The fraction of sp³-hybridized carbons (Fsp3) is 0. The maximum absolute atomic E-state index is 5.29. The van der Waals surface area contributed by atoms with Gasteiger partial charge in [-0.15, -0.1) is 0 Å². The van der Waals surface area contributed by atoms with Gasteiger partial charge >= 0.3 is 0 Å². The summed E-state index contributed by atoms with van der Waals surface area (Å²) in [5.74, 6) is 0. The molecular formula is C49H32N4. The molecule has 8 bridgehead atoms. The monoisotopic (exact) mass is 676 g/mol. The summed E-state index contributed by atoms with van der Waals surface area (Å²) in [6.45, 7) is 0. The molecule has 0 atom stereocenters. The van der Waals surface area contributed by atoms with Crippen molar-refractivity contribution in [1.29, 1.82) is 0 Å². The first kappa shape index (κ1) is 29.5. The Morgan fingerprint density at radius 1 is 0.283 bits per heavy atom. The largest absolute Gasteiger partial charge is 0.354 e. The van der Waals surface area contributed by atoms with Gasteiger partial charge in [-0.3, -0.25) is 0 Å². The van der Waals surface area contributed by atoms with Crippen molar-refractivity contribution in [3.8, 4) is 33.4 Å². The molecule has 6 aromatic carbocycles. The third-order valence-corrected chi connectivity index (χ3v) is 10.7. The zero-order valence-electron chi connectivity index (χ0n) is 28.7. The Labute approximate surface area is 305 Å². The maximum Gasteiger partial charge on any atom is 0.0872 e. The molecule has 0 aliphatic carbocycles. The number of nitrogens with zero attached hydrogens (tertiary/aromatic N) is 1. The Hall–Kier alpha value is -7.17. The Kier molecular flexibility index (Phi) is 6.52. The van der Waals surface area contributed by atoms with Crippen LogP contribution in [0.2, 0.25) is 0 Å². The first-order chi connectivity index (χ1) is 26.2. The smallest absolute Gasteiger partial charge is 0.0872 e.